The van der Waals surface area contributed by atoms with Crippen LogP contribution >= 0.6 is 15.9 Å². The molecule has 2 aliphatic rings. The maximum atomic E-state index is 12.1. The lowest BCUT2D eigenvalue weighted by atomic mass is 10.1. The summed E-state index contributed by atoms with van der Waals surface area (Å²) in [6, 6.07) is 22.8. The summed E-state index contributed by atoms with van der Waals surface area (Å²) in [5, 5.41) is 4.68. The molecule has 2 aromatic rings. The molecule has 5 heteroatoms. The third kappa shape index (κ3) is 2.53. The van der Waals surface area contributed by atoms with Crippen LogP contribution in [0.2, 0.25) is 0 Å². The first kappa shape index (κ1) is 14.8. The third-order valence-electron chi connectivity index (χ3n) is 3.73. The number of halogens is 1. The highest BCUT2D eigenvalue weighted by molar-refractivity contribution is 9.10. The Bertz CT molecular complexity index is 1030. The fourth-order valence-corrected chi connectivity index (χ4v) is 3.08. The molecule has 0 fully saturated rings. The van der Waals surface area contributed by atoms with E-state index in [1.54, 1.807) is 10.7 Å². The van der Waals surface area contributed by atoms with E-state index in [4.69, 9.17) is 0 Å². The van der Waals surface area contributed by atoms with Crippen LogP contribution < -0.4 is 5.43 Å². The Hall–Kier alpha value is -2.79. The lowest BCUT2D eigenvalue weighted by Crippen LogP contribution is -2.14. The van der Waals surface area contributed by atoms with E-state index in [1.807, 2.05) is 60.7 Å². The predicted octanol–water partition coefficient (Wildman–Crippen LogP) is 4.16. The maximum Gasteiger partial charge on any atom is 0.195 e. The molecule has 116 valence electrons. The van der Waals surface area contributed by atoms with Gasteiger partial charge < -0.3 is 0 Å². The molecule has 0 saturated heterocycles. The van der Waals surface area contributed by atoms with Gasteiger partial charge in [-0.3, -0.25) is 4.79 Å². The second-order valence-corrected chi connectivity index (χ2v) is 6.09. The number of para-hydroxylation sites is 1. The molecule has 1 aliphatic carbocycles. The number of benzene rings is 3. The number of nitrogens with zero attached hydrogens (tertiary/aromatic N) is 3. The van der Waals surface area contributed by atoms with Crippen molar-refractivity contribution in [1.29, 1.82) is 0 Å². The minimum atomic E-state index is -0.0942. The van der Waals surface area contributed by atoms with Crippen LogP contribution in [0.25, 0.3) is 28.5 Å². The molecular formula is C19H12BrN3O. The molecule has 1 heterocycles. The van der Waals surface area contributed by atoms with E-state index in [1.165, 1.54) is 6.07 Å². The average Bonchev–Trinajstić information content (AvgIpc) is 2.65. The van der Waals surface area contributed by atoms with Crippen molar-refractivity contribution in [2.75, 3.05) is 0 Å². The summed E-state index contributed by atoms with van der Waals surface area (Å²) < 4.78 is 2.22. The molecule has 0 amide bonds. The van der Waals surface area contributed by atoms with Crippen molar-refractivity contribution in [3.63, 3.8) is 0 Å². The van der Waals surface area contributed by atoms with E-state index < -0.39 is 0 Å². The number of aromatic nitrogens is 3. The van der Waals surface area contributed by atoms with Gasteiger partial charge in [-0.25, -0.2) is 9.67 Å². The monoisotopic (exact) mass is 377 g/mol. The van der Waals surface area contributed by atoms with Crippen LogP contribution in [0.4, 0.5) is 0 Å². The van der Waals surface area contributed by atoms with Crippen LogP contribution in [0, 0.1) is 0 Å². The van der Waals surface area contributed by atoms with Crippen molar-refractivity contribution < 1.29 is 0 Å². The zero-order chi connectivity index (χ0) is 16.5. The first-order valence-corrected chi connectivity index (χ1v) is 8.24. The lowest BCUT2D eigenvalue weighted by Gasteiger charge is -2.16. The lowest BCUT2D eigenvalue weighted by molar-refractivity contribution is 0.824. The zero-order valence-electron chi connectivity index (χ0n) is 12.6. The quantitative estimate of drug-likeness (QED) is 0.526. The average molecular weight is 378 g/mol. The fraction of sp³-hybridized carbons (Fsp3) is 0. The number of hydrogen-bond donors (Lipinski definition) is 0. The zero-order valence-corrected chi connectivity index (χ0v) is 14.1. The Labute approximate surface area is 146 Å². The number of rotatable bonds is 2. The normalized spacial score (nSPS) is 10.9. The third-order valence-corrected chi connectivity index (χ3v) is 4.49. The first-order valence-electron chi connectivity index (χ1n) is 7.44. The van der Waals surface area contributed by atoms with Crippen molar-refractivity contribution in [2.24, 2.45) is 0 Å². The molecule has 4 rings (SSSR count). The van der Waals surface area contributed by atoms with Gasteiger partial charge in [0, 0.05) is 5.56 Å². The molecular weight excluding hydrogens is 366 g/mol. The Morgan fingerprint density at radius 1 is 0.833 bits per heavy atom. The largest absolute Gasteiger partial charge is 0.289 e. The molecule has 0 aromatic heterocycles. The Morgan fingerprint density at radius 3 is 2.21 bits per heavy atom. The molecule has 2 aromatic carbocycles. The summed E-state index contributed by atoms with van der Waals surface area (Å²) in [4.78, 5) is 16.7. The van der Waals surface area contributed by atoms with E-state index >= 15 is 0 Å². The first-order chi connectivity index (χ1) is 11.7. The molecule has 1 aliphatic heterocycles. The minimum Gasteiger partial charge on any atom is -0.289 e. The highest BCUT2D eigenvalue weighted by Crippen LogP contribution is 2.29. The van der Waals surface area contributed by atoms with Crippen LogP contribution in [-0.2, 0) is 0 Å². The molecule has 0 N–H and O–H groups in total. The van der Waals surface area contributed by atoms with Crippen molar-refractivity contribution >= 4 is 15.9 Å². The van der Waals surface area contributed by atoms with Crippen LogP contribution in [-0.4, -0.2) is 14.8 Å². The van der Waals surface area contributed by atoms with Crippen molar-refractivity contribution in [1.82, 2.24) is 14.8 Å². The van der Waals surface area contributed by atoms with Gasteiger partial charge in [-0.2, -0.15) is 0 Å². The van der Waals surface area contributed by atoms with Gasteiger partial charge in [-0.1, -0.05) is 48.5 Å². The van der Waals surface area contributed by atoms with Gasteiger partial charge in [-0.15, -0.1) is 5.10 Å². The molecule has 0 unspecified atom stereocenters. The minimum absolute atomic E-state index is 0.0942. The predicted molar refractivity (Wildman–Crippen MR) is 97.4 cm³/mol. The van der Waals surface area contributed by atoms with Crippen molar-refractivity contribution in [3.8, 4) is 28.5 Å². The summed E-state index contributed by atoms with van der Waals surface area (Å²) in [5.41, 5.74) is 3.07. The van der Waals surface area contributed by atoms with E-state index in [2.05, 4.69) is 26.0 Å². The van der Waals surface area contributed by atoms with Gasteiger partial charge in [0.2, 0.25) is 0 Å². The van der Waals surface area contributed by atoms with E-state index in [0.717, 1.165) is 11.3 Å². The summed E-state index contributed by atoms with van der Waals surface area (Å²) in [7, 11) is 0. The molecule has 4 nitrogen and oxygen atoms in total. The number of fused-ring (bicyclic) bond motifs is 1. The molecule has 0 radical (unpaired) electrons. The van der Waals surface area contributed by atoms with Crippen molar-refractivity contribution in [2.45, 2.75) is 0 Å². The Morgan fingerprint density at radius 2 is 1.50 bits per heavy atom. The van der Waals surface area contributed by atoms with Crippen LogP contribution in [0.5, 0.6) is 0 Å². The van der Waals surface area contributed by atoms with Gasteiger partial charge >= 0.3 is 0 Å². The molecule has 24 heavy (non-hydrogen) atoms. The van der Waals surface area contributed by atoms with Crippen LogP contribution in [0.3, 0.4) is 0 Å². The van der Waals surface area contributed by atoms with Crippen molar-refractivity contribution in [3.05, 3.63) is 87.5 Å². The Balaban J connectivity index is 2.08. The van der Waals surface area contributed by atoms with Gasteiger partial charge in [0.15, 0.2) is 11.3 Å². The Kier molecular flexibility index (Phi) is 3.70. The van der Waals surface area contributed by atoms with Gasteiger partial charge in [-0.05, 0) is 40.2 Å². The standard InChI is InChI=1S/C19H12BrN3O/c20-17-16(24)12-11-15-18(17)23(14-9-5-2-6-10-14)22-19(21-15)13-7-3-1-4-8-13/h1-12H. The van der Waals surface area contributed by atoms with E-state index in [-0.39, 0.29) is 5.43 Å². The van der Waals surface area contributed by atoms with E-state index in [0.29, 0.717) is 21.7 Å². The molecule has 0 atom stereocenters. The number of hydrogen-bond acceptors (Lipinski definition) is 3. The summed E-state index contributed by atoms with van der Waals surface area (Å²) in [5.74, 6) is 0.609. The topological polar surface area (TPSA) is 47.8 Å². The van der Waals surface area contributed by atoms with Gasteiger partial charge in [0.25, 0.3) is 0 Å². The van der Waals surface area contributed by atoms with Crippen LogP contribution in [0.15, 0.2) is 82.1 Å². The smallest absolute Gasteiger partial charge is 0.195 e. The molecule has 0 bridgehead atoms. The molecule has 0 spiro atoms. The summed E-state index contributed by atoms with van der Waals surface area (Å²) in [6.45, 7) is 0. The highest BCUT2D eigenvalue weighted by atomic mass is 79.9. The van der Waals surface area contributed by atoms with Gasteiger partial charge in [0.1, 0.15) is 5.69 Å². The van der Waals surface area contributed by atoms with Crippen LogP contribution in [0.1, 0.15) is 0 Å². The summed E-state index contributed by atoms with van der Waals surface area (Å²) >= 11 is 3.40. The maximum absolute atomic E-state index is 12.1. The SMILES string of the molecule is O=c1ccc2nc(-c3ccccc3)nn(-c3ccccc3)c-2c1Br. The fourth-order valence-electron chi connectivity index (χ4n) is 2.57. The van der Waals surface area contributed by atoms with E-state index in [9.17, 15) is 4.79 Å². The van der Waals surface area contributed by atoms with Gasteiger partial charge in [0.05, 0.1) is 15.9 Å². The summed E-state index contributed by atoms with van der Waals surface area (Å²) in [6.07, 6.45) is 0. The molecule has 0 saturated carbocycles. The highest BCUT2D eigenvalue weighted by Gasteiger charge is 2.19. The second-order valence-electron chi connectivity index (χ2n) is 5.29. The second kappa shape index (κ2) is 6.02.